The van der Waals surface area contributed by atoms with Crippen molar-refractivity contribution in [3.63, 3.8) is 0 Å². The maximum atomic E-state index is 6.31. The second-order valence-corrected chi connectivity index (χ2v) is 5.74. The molecular weight excluding hydrogens is 234 g/mol. The van der Waals surface area contributed by atoms with Gasteiger partial charge in [-0.25, -0.2) is 0 Å². The molecular formula is C17H33NO. The van der Waals surface area contributed by atoms with Crippen molar-refractivity contribution in [2.24, 2.45) is 0 Å². The fourth-order valence-electron chi connectivity index (χ4n) is 3.47. The minimum Gasteiger partial charge on any atom is -0.374 e. The van der Waals surface area contributed by atoms with E-state index in [0.29, 0.717) is 6.04 Å². The van der Waals surface area contributed by atoms with Gasteiger partial charge in [-0.3, -0.25) is 0 Å². The molecule has 0 spiro atoms. The first-order valence-electron chi connectivity index (χ1n) is 8.27. The Balaban J connectivity index is 2.72. The van der Waals surface area contributed by atoms with E-state index < -0.39 is 0 Å². The van der Waals surface area contributed by atoms with Crippen LogP contribution < -0.4 is 5.32 Å². The molecule has 0 amide bonds. The van der Waals surface area contributed by atoms with Crippen LogP contribution >= 0.6 is 0 Å². The summed E-state index contributed by atoms with van der Waals surface area (Å²) in [6.07, 6.45) is 13.4. The van der Waals surface area contributed by atoms with E-state index in [-0.39, 0.29) is 5.60 Å². The van der Waals surface area contributed by atoms with E-state index in [9.17, 15) is 0 Å². The van der Waals surface area contributed by atoms with Crippen molar-refractivity contribution >= 4 is 0 Å². The van der Waals surface area contributed by atoms with E-state index >= 15 is 0 Å². The molecule has 19 heavy (non-hydrogen) atoms. The van der Waals surface area contributed by atoms with Crippen molar-refractivity contribution in [3.8, 4) is 0 Å². The minimum absolute atomic E-state index is 0.0857. The van der Waals surface area contributed by atoms with Crippen LogP contribution in [0.1, 0.15) is 71.6 Å². The van der Waals surface area contributed by atoms with Gasteiger partial charge in [0.15, 0.2) is 0 Å². The Hall–Kier alpha value is -0.340. The first-order valence-corrected chi connectivity index (χ1v) is 8.27. The van der Waals surface area contributed by atoms with Crippen LogP contribution in [0, 0.1) is 0 Å². The molecule has 112 valence electrons. The molecule has 1 saturated carbocycles. The summed E-state index contributed by atoms with van der Waals surface area (Å²) in [5.74, 6) is 0. The van der Waals surface area contributed by atoms with Gasteiger partial charge in [0, 0.05) is 12.6 Å². The van der Waals surface area contributed by atoms with E-state index in [1.165, 1.54) is 51.4 Å². The molecule has 0 heterocycles. The highest BCUT2D eigenvalue weighted by Crippen LogP contribution is 2.35. The van der Waals surface area contributed by atoms with E-state index in [0.717, 1.165) is 19.6 Å². The topological polar surface area (TPSA) is 21.3 Å². The molecule has 0 aromatic rings. The van der Waals surface area contributed by atoms with Crippen LogP contribution in [0.2, 0.25) is 0 Å². The highest BCUT2D eigenvalue weighted by Gasteiger charge is 2.38. The molecule has 1 aliphatic rings. The van der Waals surface area contributed by atoms with Crippen LogP contribution in [0.4, 0.5) is 0 Å². The van der Waals surface area contributed by atoms with Crippen LogP contribution in [0.3, 0.4) is 0 Å². The summed E-state index contributed by atoms with van der Waals surface area (Å²) < 4.78 is 6.31. The maximum absolute atomic E-state index is 6.31. The van der Waals surface area contributed by atoms with Gasteiger partial charge in [0.1, 0.15) is 0 Å². The number of rotatable bonds is 9. The molecule has 2 nitrogen and oxygen atoms in total. The largest absolute Gasteiger partial charge is 0.374 e. The van der Waals surface area contributed by atoms with Crippen molar-refractivity contribution in [3.05, 3.63) is 12.7 Å². The minimum atomic E-state index is 0.0857. The molecule has 1 aliphatic carbocycles. The summed E-state index contributed by atoms with van der Waals surface area (Å²) in [4.78, 5) is 0. The van der Waals surface area contributed by atoms with Gasteiger partial charge in [0.2, 0.25) is 0 Å². The first kappa shape index (κ1) is 16.7. The Morgan fingerprint density at radius 1 is 1.21 bits per heavy atom. The number of hydrogen-bond donors (Lipinski definition) is 1. The van der Waals surface area contributed by atoms with Crippen molar-refractivity contribution in [2.75, 3.05) is 13.2 Å². The van der Waals surface area contributed by atoms with Gasteiger partial charge < -0.3 is 10.1 Å². The Kier molecular flexibility index (Phi) is 8.40. The highest BCUT2D eigenvalue weighted by molar-refractivity contribution is 4.95. The lowest BCUT2D eigenvalue weighted by molar-refractivity contribution is -0.0785. The van der Waals surface area contributed by atoms with Gasteiger partial charge in [-0.15, -0.1) is 6.58 Å². The molecule has 1 rings (SSSR count). The van der Waals surface area contributed by atoms with Crippen LogP contribution in [0.25, 0.3) is 0 Å². The molecule has 0 bridgehead atoms. The Bertz CT molecular complexity index is 231. The van der Waals surface area contributed by atoms with Crippen molar-refractivity contribution in [1.29, 1.82) is 0 Å². The zero-order chi connectivity index (χ0) is 14.0. The molecule has 0 saturated heterocycles. The van der Waals surface area contributed by atoms with Gasteiger partial charge in [-0.2, -0.15) is 0 Å². The Morgan fingerprint density at radius 3 is 2.42 bits per heavy atom. The Morgan fingerprint density at radius 2 is 1.89 bits per heavy atom. The molecule has 1 N–H and O–H groups in total. The van der Waals surface area contributed by atoms with Gasteiger partial charge in [0.05, 0.1) is 5.60 Å². The van der Waals surface area contributed by atoms with Crippen molar-refractivity contribution in [1.82, 2.24) is 5.32 Å². The third kappa shape index (κ3) is 5.27. The number of nitrogens with one attached hydrogen (secondary N) is 1. The normalized spacial score (nSPS) is 20.7. The zero-order valence-electron chi connectivity index (χ0n) is 13.0. The first-order chi connectivity index (χ1) is 9.29. The smallest absolute Gasteiger partial charge is 0.0834 e. The number of likely N-dealkylation sites (N-methyl/N-ethyl adjacent to an activating group) is 1. The third-order valence-electron chi connectivity index (χ3n) is 4.37. The highest BCUT2D eigenvalue weighted by atomic mass is 16.5. The molecule has 1 unspecified atom stereocenters. The van der Waals surface area contributed by atoms with Crippen LogP contribution in [-0.4, -0.2) is 24.8 Å². The summed E-state index contributed by atoms with van der Waals surface area (Å²) >= 11 is 0. The van der Waals surface area contributed by atoms with Crippen LogP contribution in [0.15, 0.2) is 12.7 Å². The number of ether oxygens (including phenoxy) is 1. The number of unbranched alkanes of at least 4 members (excludes halogenated alkanes) is 1. The lowest BCUT2D eigenvalue weighted by Gasteiger charge is -2.41. The maximum Gasteiger partial charge on any atom is 0.0834 e. The van der Waals surface area contributed by atoms with E-state index in [4.69, 9.17) is 4.74 Å². The lowest BCUT2D eigenvalue weighted by Crippen LogP contribution is -2.52. The van der Waals surface area contributed by atoms with Gasteiger partial charge in [-0.05, 0) is 45.6 Å². The summed E-state index contributed by atoms with van der Waals surface area (Å²) in [6, 6.07) is 0.510. The van der Waals surface area contributed by atoms with Crippen molar-refractivity contribution < 1.29 is 4.74 Å². The van der Waals surface area contributed by atoms with Crippen molar-refractivity contribution in [2.45, 2.75) is 83.3 Å². The molecule has 2 heteroatoms. The fraction of sp³-hybridized carbons (Fsp3) is 0.882. The molecule has 0 aromatic carbocycles. The average molecular weight is 267 g/mol. The standard InChI is InChI=1S/C17H33NO/c1-4-7-10-13-16(18-5-2)17(19-6-3)14-11-8-9-12-15-17/h4,16,18H,1,5-15H2,2-3H3. The summed E-state index contributed by atoms with van der Waals surface area (Å²) in [5, 5.41) is 3.71. The molecule has 0 aromatic heterocycles. The fourth-order valence-corrected chi connectivity index (χ4v) is 3.47. The van der Waals surface area contributed by atoms with Gasteiger partial charge in [-0.1, -0.05) is 38.7 Å². The molecule has 0 aliphatic heterocycles. The predicted octanol–water partition coefficient (Wildman–Crippen LogP) is 4.45. The molecule has 1 fully saturated rings. The molecule has 1 atom stereocenters. The van der Waals surface area contributed by atoms with Gasteiger partial charge >= 0.3 is 0 Å². The monoisotopic (exact) mass is 267 g/mol. The summed E-state index contributed by atoms with van der Waals surface area (Å²) in [7, 11) is 0. The summed E-state index contributed by atoms with van der Waals surface area (Å²) in [5.41, 5.74) is 0.0857. The Labute approximate surface area is 120 Å². The van der Waals surface area contributed by atoms with E-state index in [1.54, 1.807) is 0 Å². The summed E-state index contributed by atoms with van der Waals surface area (Å²) in [6.45, 7) is 10.0. The third-order valence-corrected chi connectivity index (χ3v) is 4.37. The average Bonchev–Trinajstić information content (AvgIpc) is 2.65. The predicted molar refractivity (Wildman–Crippen MR) is 83.6 cm³/mol. The van der Waals surface area contributed by atoms with E-state index in [1.807, 2.05) is 6.08 Å². The van der Waals surface area contributed by atoms with E-state index in [2.05, 4.69) is 25.7 Å². The van der Waals surface area contributed by atoms with Gasteiger partial charge in [0.25, 0.3) is 0 Å². The van der Waals surface area contributed by atoms with Crippen LogP contribution in [0.5, 0.6) is 0 Å². The zero-order valence-corrected chi connectivity index (χ0v) is 13.0. The second-order valence-electron chi connectivity index (χ2n) is 5.74. The number of hydrogen-bond acceptors (Lipinski definition) is 2. The SMILES string of the molecule is C=CCCCC(NCC)C1(OCC)CCCCCC1. The lowest BCUT2D eigenvalue weighted by atomic mass is 9.83. The second kappa shape index (κ2) is 9.55. The van der Waals surface area contributed by atoms with Crippen LogP contribution in [-0.2, 0) is 4.74 Å². The quantitative estimate of drug-likeness (QED) is 0.378. The molecule has 0 radical (unpaired) electrons. The number of allylic oxidation sites excluding steroid dienone is 1.